The molecule has 25 heavy (non-hydrogen) atoms. The maximum atomic E-state index is 12.4. The molecule has 1 aromatic carbocycles. The molecule has 2 atom stereocenters. The normalized spacial score (nSPS) is 27.7. The lowest BCUT2D eigenvalue weighted by atomic mass is 9.85. The summed E-state index contributed by atoms with van der Waals surface area (Å²) >= 11 is 12.1. The number of rotatable bonds is 7. The van der Waals surface area contributed by atoms with Gasteiger partial charge in [-0.05, 0) is 49.4 Å². The molecule has 0 bridgehead atoms. The van der Waals surface area contributed by atoms with E-state index in [-0.39, 0.29) is 36.4 Å². The number of amides is 1. The summed E-state index contributed by atoms with van der Waals surface area (Å²) in [7, 11) is 0. The summed E-state index contributed by atoms with van der Waals surface area (Å²) in [6, 6.07) is 5.79. The molecule has 2 aliphatic rings. The number of halogens is 2. The molecule has 0 radical (unpaired) electrons. The van der Waals surface area contributed by atoms with Crippen molar-refractivity contribution in [2.24, 2.45) is 5.92 Å². The predicted octanol–water partition coefficient (Wildman–Crippen LogP) is 3.15. The van der Waals surface area contributed by atoms with Crippen LogP contribution in [0.15, 0.2) is 18.2 Å². The van der Waals surface area contributed by atoms with Crippen molar-refractivity contribution in [1.82, 2.24) is 10.2 Å². The van der Waals surface area contributed by atoms with Crippen LogP contribution in [-0.2, 0) is 9.59 Å². The average Bonchev–Trinajstić information content (AvgIpc) is 3.28. The first kappa shape index (κ1) is 18.5. The number of aliphatic carboxylic acids is 1. The second-order valence-corrected chi connectivity index (χ2v) is 7.75. The van der Waals surface area contributed by atoms with Crippen LogP contribution in [0, 0.1) is 5.92 Å². The van der Waals surface area contributed by atoms with Gasteiger partial charge in [0.1, 0.15) is 0 Å². The Morgan fingerprint density at radius 1 is 1.28 bits per heavy atom. The van der Waals surface area contributed by atoms with Gasteiger partial charge in [-0.2, -0.15) is 0 Å². The zero-order chi connectivity index (χ0) is 18.1. The number of hydrogen-bond acceptors (Lipinski definition) is 3. The zero-order valence-corrected chi connectivity index (χ0v) is 15.6. The summed E-state index contributed by atoms with van der Waals surface area (Å²) < 4.78 is 0. The van der Waals surface area contributed by atoms with Crippen molar-refractivity contribution in [3.05, 3.63) is 33.8 Å². The Morgan fingerprint density at radius 3 is 2.60 bits per heavy atom. The van der Waals surface area contributed by atoms with Crippen molar-refractivity contribution in [3.63, 3.8) is 0 Å². The predicted molar refractivity (Wildman–Crippen MR) is 97.1 cm³/mol. The van der Waals surface area contributed by atoms with E-state index in [0.717, 1.165) is 24.8 Å². The molecule has 7 heteroatoms. The summed E-state index contributed by atoms with van der Waals surface area (Å²) in [6.45, 7) is 2.72. The van der Waals surface area contributed by atoms with E-state index in [2.05, 4.69) is 5.32 Å². The number of carboxylic acids is 1. The van der Waals surface area contributed by atoms with Gasteiger partial charge in [0.05, 0.1) is 6.54 Å². The van der Waals surface area contributed by atoms with Crippen molar-refractivity contribution < 1.29 is 14.7 Å². The highest BCUT2D eigenvalue weighted by molar-refractivity contribution is 6.35. The molecule has 2 aliphatic carbocycles. The molecule has 2 fully saturated rings. The van der Waals surface area contributed by atoms with Crippen molar-refractivity contribution in [3.8, 4) is 0 Å². The van der Waals surface area contributed by atoms with Crippen LogP contribution in [0.2, 0.25) is 10.0 Å². The number of likely N-dealkylation sites (N-methyl/N-ethyl adjacent to an activating group) is 1. The molecule has 5 nitrogen and oxygen atoms in total. The lowest BCUT2D eigenvalue weighted by molar-refractivity contribution is -0.139. The first-order chi connectivity index (χ1) is 11.9. The van der Waals surface area contributed by atoms with Gasteiger partial charge < -0.3 is 10.4 Å². The molecule has 2 unspecified atom stereocenters. The second kappa shape index (κ2) is 7.52. The molecule has 2 saturated carbocycles. The van der Waals surface area contributed by atoms with Crippen molar-refractivity contribution >= 4 is 35.1 Å². The average molecular weight is 385 g/mol. The van der Waals surface area contributed by atoms with Crippen molar-refractivity contribution in [2.75, 3.05) is 13.1 Å². The molecular formula is C18H22Cl2N2O3. The second-order valence-electron chi connectivity index (χ2n) is 6.90. The number of nitrogens with zero attached hydrogens (tertiary/aromatic N) is 1. The number of nitrogens with one attached hydrogen (secondary N) is 1. The van der Waals surface area contributed by atoms with Crippen LogP contribution in [0.25, 0.3) is 0 Å². The number of hydrogen-bond donors (Lipinski definition) is 2. The first-order valence-corrected chi connectivity index (χ1v) is 9.35. The fourth-order valence-corrected chi connectivity index (χ4v) is 4.16. The van der Waals surface area contributed by atoms with E-state index in [1.807, 2.05) is 17.9 Å². The topological polar surface area (TPSA) is 69.6 Å². The maximum Gasteiger partial charge on any atom is 0.317 e. The van der Waals surface area contributed by atoms with Gasteiger partial charge in [0.25, 0.3) is 0 Å². The fourth-order valence-electron chi connectivity index (χ4n) is 3.62. The molecule has 1 aromatic rings. The Labute approximate surface area is 157 Å². The Balaban J connectivity index is 1.46. The molecule has 0 heterocycles. The summed E-state index contributed by atoms with van der Waals surface area (Å²) in [6.07, 6.45) is 2.43. The lowest BCUT2D eigenvalue weighted by Crippen LogP contribution is -2.55. The molecule has 0 saturated heterocycles. The minimum Gasteiger partial charge on any atom is -0.480 e. The largest absolute Gasteiger partial charge is 0.480 e. The molecule has 0 aromatic heterocycles. The van der Waals surface area contributed by atoms with Crippen LogP contribution in [-0.4, -0.2) is 47.1 Å². The van der Waals surface area contributed by atoms with E-state index in [9.17, 15) is 9.59 Å². The standard InChI is InChI=1S/C18H22Cl2N2O3/c1-2-22(9-17(23)24)12-6-11(7-12)21-18(25)15-8-14(15)13-4-3-10(19)5-16(13)20/h3-5,11-12,14-15H,2,6-9H2,1H3,(H,21,25)(H,23,24). The minimum absolute atomic E-state index is 0.0287. The lowest BCUT2D eigenvalue weighted by Gasteiger charge is -2.42. The van der Waals surface area contributed by atoms with Gasteiger partial charge in [0, 0.05) is 28.0 Å². The van der Waals surface area contributed by atoms with Crippen LogP contribution < -0.4 is 5.32 Å². The third-order valence-corrected chi connectivity index (χ3v) is 5.77. The Hall–Kier alpha value is -1.30. The van der Waals surface area contributed by atoms with Gasteiger partial charge in [-0.15, -0.1) is 0 Å². The van der Waals surface area contributed by atoms with E-state index in [1.54, 1.807) is 12.1 Å². The monoisotopic (exact) mass is 384 g/mol. The van der Waals surface area contributed by atoms with Crippen LogP contribution in [0.3, 0.4) is 0 Å². The van der Waals surface area contributed by atoms with Gasteiger partial charge >= 0.3 is 5.97 Å². The van der Waals surface area contributed by atoms with E-state index < -0.39 is 5.97 Å². The molecule has 136 valence electrons. The number of benzene rings is 1. The van der Waals surface area contributed by atoms with E-state index in [1.165, 1.54) is 0 Å². The maximum absolute atomic E-state index is 12.4. The van der Waals surface area contributed by atoms with Gasteiger partial charge in [-0.1, -0.05) is 36.2 Å². The van der Waals surface area contributed by atoms with Crippen molar-refractivity contribution in [2.45, 2.75) is 44.2 Å². The van der Waals surface area contributed by atoms with Crippen LogP contribution in [0.4, 0.5) is 0 Å². The highest BCUT2D eigenvalue weighted by Crippen LogP contribution is 2.50. The fraction of sp³-hybridized carbons (Fsp3) is 0.556. The third kappa shape index (κ3) is 4.27. The molecule has 3 rings (SSSR count). The summed E-state index contributed by atoms with van der Waals surface area (Å²) in [5.41, 5.74) is 0.983. The van der Waals surface area contributed by atoms with E-state index in [4.69, 9.17) is 28.3 Å². The van der Waals surface area contributed by atoms with Gasteiger partial charge in [-0.3, -0.25) is 14.5 Å². The van der Waals surface area contributed by atoms with Crippen LogP contribution >= 0.6 is 23.2 Å². The number of carbonyl (C=O) groups excluding carboxylic acids is 1. The SMILES string of the molecule is CCN(CC(=O)O)C1CC(NC(=O)C2CC2c2ccc(Cl)cc2Cl)C1. The Kier molecular flexibility index (Phi) is 5.56. The minimum atomic E-state index is -0.810. The Bertz CT molecular complexity index is 676. The summed E-state index contributed by atoms with van der Waals surface area (Å²) in [5, 5.41) is 13.2. The van der Waals surface area contributed by atoms with E-state index in [0.29, 0.717) is 16.6 Å². The molecular weight excluding hydrogens is 363 g/mol. The smallest absolute Gasteiger partial charge is 0.317 e. The van der Waals surface area contributed by atoms with E-state index >= 15 is 0 Å². The highest BCUT2D eigenvalue weighted by atomic mass is 35.5. The molecule has 0 aliphatic heterocycles. The highest BCUT2D eigenvalue weighted by Gasteiger charge is 2.46. The van der Waals surface area contributed by atoms with Crippen molar-refractivity contribution in [1.29, 1.82) is 0 Å². The molecule has 1 amide bonds. The van der Waals surface area contributed by atoms with Crippen LogP contribution in [0.1, 0.15) is 37.7 Å². The Morgan fingerprint density at radius 2 is 2.00 bits per heavy atom. The first-order valence-electron chi connectivity index (χ1n) is 8.60. The van der Waals surface area contributed by atoms with Gasteiger partial charge in [0.2, 0.25) is 5.91 Å². The summed E-state index contributed by atoms with van der Waals surface area (Å²) in [5.74, 6) is -0.602. The third-order valence-electron chi connectivity index (χ3n) is 5.21. The quantitative estimate of drug-likeness (QED) is 0.757. The number of carbonyl (C=O) groups is 2. The zero-order valence-electron chi connectivity index (χ0n) is 14.0. The number of carboxylic acid groups (broad SMARTS) is 1. The molecule has 2 N–H and O–H groups in total. The van der Waals surface area contributed by atoms with Crippen LogP contribution in [0.5, 0.6) is 0 Å². The van der Waals surface area contributed by atoms with Gasteiger partial charge in [-0.25, -0.2) is 0 Å². The van der Waals surface area contributed by atoms with Gasteiger partial charge in [0.15, 0.2) is 0 Å². The summed E-state index contributed by atoms with van der Waals surface area (Å²) in [4.78, 5) is 25.2. The molecule has 0 spiro atoms.